The summed E-state index contributed by atoms with van der Waals surface area (Å²) in [5.41, 5.74) is 17.0. The zero-order valence-electron chi connectivity index (χ0n) is 36.7. The molecule has 319 valence electrons. The maximum atomic E-state index is 6.73. The van der Waals surface area contributed by atoms with Crippen molar-refractivity contribution in [1.82, 2.24) is 19.5 Å². The Morgan fingerprint density at radius 2 is 1.12 bits per heavy atom. The number of fused-ring (bicyclic) bond motifs is 4. The minimum absolute atomic E-state index is 0. The van der Waals surface area contributed by atoms with E-state index in [1.54, 1.807) is 12.4 Å². The molecule has 0 bridgehead atoms. The third-order valence-corrected chi connectivity index (χ3v) is 11.8. The standard InChI is InChI=1S/C43H35N2O.C16H11N2.Ir/c1-27(2)36-24-32(30-16-9-6-10-17-30)25-37(28(3)4)41(36)45-39-21-12-11-20-38(39)44-43(45)35-19-13-18-34-33-23-22-31(26-40(33)46-42(34)35)29-14-7-5-8-15-29;1-3-10-17-15(8-1)13-6-5-7-14(12-13)16-9-2-4-11-18-16;/h5-18,20-28H,1-4H3;1-6,8-12H;/q2*-1;. The molecule has 11 rings (SSSR count). The summed E-state index contributed by atoms with van der Waals surface area (Å²) < 4.78 is 9.10. The molecule has 4 aromatic heterocycles. The van der Waals surface area contributed by atoms with Crippen LogP contribution in [0.25, 0.3) is 94.8 Å². The normalized spacial score (nSPS) is 11.2. The summed E-state index contributed by atoms with van der Waals surface area (Å²) in [6.45, 7) is 9.14. The van der Waals surface area contributed by atoms with Crippen molar-refractivity contribution in [2.75, 3.05) is 0 Å². The molecule has 0 aliphatic rings. The quantitative estimate of drug-likeness (QED) is 0.142. The predicted molar refractivity (Wildman–Crippen MR) is 263 cm³/mol. The Morgan fingerprint density at radius 1 is 0.508 bits per heavy atom. The number of hydrogen-bond donors (Lipinski definition) is 0. The molecular weight excluding hydrogens is 973 g/mol. The van der Waals surface area contributed by atoms with E-state index in [0.29, 0.717) is 0 Å². The van der Waals surface area contributed by atoms with Crippen LogP contribution in [0.4, 0.5) is 0 Å². The van der Waals surface area contributed by atoms with E-state index < -0.39 is 0 Å². The van der Waals surface area contributed by atoms with E-state index in [2.05, 4.69) is 176 Å². The number of rotatable bonds is 8. The van der Waals surface area contributed by atoms with E-state index in [0.717, 1.165) is 72.4 Å². The molecule has 7 aromatic carbocycles. The van der Waals surface area contributed by atoms with Gasteiger partial charge in [0.2, 0.25) is 0 Å². The number of furan rings is 1. The van der Waals surface area contributed by atoms with Crippen LogP contribution in [0.1, 0.15) is 50.7 Å². The van der Waals surface area contributed by atoms with Crippen molar-refractivity contribution >= 4 is 33.0 Å². The molecule has 0 fully saturated rings. The number of imidazole rings is 1. The number of benzene rings is 7. The first-order valence-corrected chi connectivity index (χ1v) is 21.9. The van der Waals surface area contributed by atoms with Crippen molar-refractivity contribution in [3.8, 4) is 61.8 Å². The average molecular weight is 1020 g/mol. The van der Waals surface area contributed by atoms with E-state index in [1.807, 2.05) is 60.7 Å². The summed E-state index contributed by atoms with van der Waals surface area (Å²) in [6, 6.07) is 69.4. The van der Waals surface area contributed by atoms with Gasteiger partial charge in [0.25, 0.3) is 0 Å². The topological polar surface area (TPSA) is 56.7 Å². The van der Waals surface area contributed by atoms with Crippen LogP contribution in [-0.2, 0) is 20.1 Å². The van der Waals surface area contributed by atoms with Crippen molar-refractivity contribution in [1.29, 1.82) is 0 Å². The number of nitrogens with zero attached hydrogens (tertiary/aromatic N) is 4. The van der Waals surface area contributed by atoms with Gasteiger partial charge in [-0.3, -0.25) is 9.97 Å². The largest absolute Gasteiger partial charge is 0.501 e. The molecule has 0 saturated heterocycles. The van der Waals surface area contributed by atoms with Gasteiger partial charge in [0, 0.05) is 43.6 Å². The monoisotopic (exact) mass is 1020 g/mol. The molecule has 0 atom stereocenters. The molecule has 11 aromatic rings. The Balaban J connectivity index is 0.000000235. The van der Waals surface area contributed by atoms with Crippen LogP contribution in [0.5, 0.6) is 0 Å². The minimum Gasteiger partial charge on any atom is -0.501 e. The van der Waals surface area contributed by atoms with Gasteiger partial charge in [-0.25, -0.2) is 0 Å². The third-order valence-electron chi connectivity index (χ3n) is 11.8. The van der Waals surface area contributed by atoms with Crippen LogP contribution in [-0.4, -0.2) is 19.5 Å². The van der Waals surface area contributed by atoms with E-state index in [-0.39, 0.29) is 31.9 Å². The second kappa shape index (κ2) is 18.8. The fraction of sp³-hybridized carbons (Fsp3) is 0.102. The number of para-hydroxylation sites is 2. The van der Waals surface area contributed by atoms with Gasteiger partial charge in [0.15, 0.2) is 0 Å². The summed E-state index contributed by atoms with van der Waals surface area (Å²) >= 11 is 0. The molecule has 4 heterocycles. The second-order valence-corrected chi connectivity index (χ2v) is 16.6. The maximum absolute atomic E-state index is 6.73. The molecule has 0 spiro atoms. The zero-order chi connectivity index (χ0) is 43.6. The Bertz CT molecular complexity index is 3290. The number of aromatic nitrogens is 4. The minimum atomic E-state index is 0. The van der Waals surface area contributed by atoms with Gasteiger partial charge in [0.1, 0.15) is 5.58 Å². The van der Waals surface area contributed by atoms with Crippen LogP contribution in [0, 0.1) is 12.1 Å². The fourth-order valence-electron chi connectivity index (χ4n) is 8.58. The second-order valence-electron chi connectivity index (χ2n) is 16.6. The predicted octanol–water partition coefficient (Wildman–Crippen LogP) is 15.6. The molecule has 65 heavy (non-hydrogen) atoms. The molecule has 0 amide bonds. The van der Waals surface area contributed by atoms with Gasteiger partial charge < -0.3 is 14.0 Å². The van der Waals surface area contributed by atoms with Crippen LogP contribution in [0.15, 0.2) is 199 Å². The first-order valence-electron chi connectivity index (χ1n) is 21.9. The van der Waals surface area contributed by atoms with Gasteiger partial charge >= 0.3 is 0 Å². The van der Waals surface area contributed by atoms with Gasteiger partial charge in [-0.1, -0.05) is 147 Å². The third kappa shape index (κ3) is 8.59. The summed E-state index contributed by atoms with van der Waals surface area (Å²) in [5, 5.41) is 2.15. The van der Waals surface area contributed by atoms with Gasteiger partial charge in [0.05, 0.1) is 28.1 Å². The van der Waals surface area contributed by atoms with Crippen LogP contribution < -0.4 is 0 Å². The van der Waals surface area contributed by atoms with Crippen molar-refractivity contribution in [3.05, 3.63) is 218 Å². The van der Waals surface area contributed by atoms with E-state index in [9.17, 15) is 0 Å². The van der Waals surface area contributed by atoms with Crippen molar-refractivity contribution in [2.45, 2.75) is 39.5 Å². The summed E-state index contributed by atoms with van der Waals surface area (Å²) in [4.78, 5) is 14.0. The maximum Gasteiger partial charge on any atom is 0.121 e. The first-order chi connectivity index (χ1) is 31.4. The van der Waals surface area contributed by atoms with Crippen molar-refractivity contribution in [2.24, 2.45) is 0 Å². The smallest absolute Gasteiger partial charge is 0.121 e. The fourth-order valence-corrected chi connectivity index (χ4v) is 8.58. The summed E-state index contributed by atoms with van der Waals surface area (Å²) in [6.07, 6.45) is 3.59. The van der Waals surface area contributed by atoms with Gasteiger partial charge in [-0.05, 0) is 99.4 Å². The average Bonchev–Trinajstić information content (AvgIpc) is 3.93. The molecular formula is C59H46IrN4O-2. The van der Waals surface area contributed by atoms with Gasteiger partial charge in [-0.15, -0.1) is 48.0 Å². The SMILES string of the molecule is CC(C)c1cc(-c2ccccc2)cc(C(C)C)c1-n1c(-c2[c-]ccc3c2oc2cc(-c4ccccc4)ccc23)nc2ccccc21.[Ir].[c-]1ccc(-c2ccccn2)cc1-c1ccccn1. The van der Waals surface area contributed by atoms with Crippen LogP contribution >= 0.6 is 0 Å². The molecule has 6 heteroatoms. The van der Waals surface area contributed by atoms with E-state index in [4.69, 9.17) is 9.40 Å². The first kappa shape index (κ1) is 43.0. The van der Waals surface area contributed by atoms with Crippen molar-refractivity contribution < 1.29 is 24.5 Å². The Labute approximate surface area is 393 Å². The van der Waals surface area contributed by atoms with E-state index in [1.165, 1.54) is 33.5 Å². The molecule has 0 aliphatic heterocycles. The molecule has 1 radical (unpaired) electrons. The van der Waals surface area contributed by atoms with Crippen LogP contribution in [0.3, 0.4) is 0 Å². The Kier molecular flexibility index (Phi) is 12.5. The number of pyridine rings is 2. The zero-order valence-corrected chi connectivity index (χ0v) is 39.1. The van der Waals surface area contributed by atoms with Gasteiger partial charge in [-0.2, -0.15) is 0 Å². The molecule has 0 saturated carbocycles. The van der Waals surface area contributed by atoms with Crippen molar-refractivity contribution in [3.63, 3.8) is 0 Å². The molecule has 0 aliphatic carbocycles. The summed E-state index contributed by atoms with van der Waals surface area (Å²) in [5.74, 6) is 1.41. The Hall–Kier alpha value is -7.24. The molecule has 5 nitrogen and oxygen atoms in total. The molecule has 0 N–H and O–H groups in total. The number of hydrogen-bond acceptors (Lipinski definition) is 4. The Morgan fingerprint density at radius 3 is 1.78 bits per heavy atom. The molecule has 0 unspecified atom stereocenters. The summed E-state index contributed by atoms with van der Waals surface area (Å²) in [7, 11) is 0. The van der Waals surface area contributed by atoms with E-state index >= 15 is 0 Å². The van der Waals surface area contributed by atoms with Crippen LogP contribution in [0.2, 0.25) is 0 Å².